The first-order chi connectivity index (χ1) is 15.2. The molecular weight excluding hydrogens is 392 g/mol. The van der Waals surface area contributed by atoms with E-state index in [0.29, 0.717) is 19.7 Å². The van der Waals surface area contributed by atoms with Crippen molar-refractivity contribution in [3.05, 3.63) is 48.2 Å². The van der Waals surface area contributed by atoms with Gasteiger partial charge >= 0.3 is 0 Å². The molecule has 1 atom stereocenters. The molecule has 0 saturated carbocycles. The largest absolute Gasteiger partial charge is 0.486 e. The quantitative estimate of drug-likeness (QED) is 0.540. The Hall–Kier alpha value is -3.00. The summed E-state index contributed by atoms with van der Waals surface area (Å²) in [6.45, 7) is 9.38. The Morgan fingerprint density at radius 2 is 1.90 bits per heavy atom. The van der Waals surface area contributed by atoms with Crippen molar-refractivity contribution in [3.63, 3.8) is 0 Å². The van der Waals surface area contributed by atoms with E-state index in [1.807, 2.05) is 30.5 Å². The van der Waals surface area contributed by atoms with Gasteiger partial charge in [-0.3, -0.25) is 4.99 Å². The summed E-state index contributed by atoms with van der Waals surface area (Å²) in [7, 11) is 1.76. The van der Waals surface area contributed by atoms with E-state index in [0.717, 1.165) is 61.6 Å². The van der Waals surface area contributed by atoms with Crippen molar-refractivity contribution >= 4 is 11.8 Å². The third kappa shape index (κ3) is 5.58. The maximum Gasteiger partial charge on any atom is 0.191 e. The highest BCUT2D eigenvalue weighted by Crippen LogP contribution is 2.30. The monoisotopic (exact) mass is 424 g/mol. The Morgan fingerprint density at radius 3 is 2.61 bits per heavy atom. The highest BCUT2D eigenvalue weighted by molar-refractivity contribution is 5.79. The predicted octanol–water partition coefficient (Wildman–Crippen LogP) is 1.73. The molecule has 2 N–H and O–H groups in total. The number of aliphatic imine (C=N–C) groups is 1. The molecule has 4 rings (SSSR count). The molecule has 0 aliphatic carbocycles. The standard InChI is InChI=1S/C23H32N6O2/c1-3-28-10-12-29(13-11-28)22-9-8-18(14-25-22)15-26-23(24-2)27-16-19-17-30-20-6-4-5-7-21(20)31-19/h4-9,14,19H,3,10-13,15-17H2,1-2H3,(H2,24,26,27). The van der Waals surface area contributed by atoms with Crippen LogP contribution >= 0.6 is 0 Å². The van der Waals surface area contributed by atoms with E-state index in [2.05, 4.69) is 49.5 Å². The normalized spacial score (nSPS) is 19.2. The third-order valence-corrected chi connectivity index (χ3v) is 5.70. The molecule has 3 heterocycles. The van der Waals surface area contributed by atoms with Crippen molar-refractivity contribution in [1.29, 1.82) is 0 Å². The van der Waals surface area contributed by atoms with Crippen LogP contribution in [0.25, 0.3) is 0 Å². The Kier molecular flexibility index (Phi) is 7.09. The number of nitrogens with zero attached hydrogens (tertiary/aromatic N) is 4. The molecule has 1 aromatic carbocycles. The van der Waals surface area contributed by atoms with Gasteiger partial charge in [-0.15, -0.1) is 0 Å². The summed E-state index contributed by atoms with van der Waals surface area (Å²) >= 11 is 0. The van der Waals surface area contributed by atoms with Crippen molar-refractivity contribution in [2.24, 2.45) is 4.99 Å². The van der Waals surface area contributed by atoms with Crippen LogP contribution in [0.4, 0.5) is 5.82 Å². The summed E-state index contributed by atoms with van der Waals surface area (Å²) in [5, 5.41) is 6.65. The second kappa shape index (κ2) is 10.3. The van der Waals surface area contributed by atoms with E-state index in [9.17, 15) is 0 Å². The Morgan fingerprint density at radius 1 is 1.10 bits per heavy atom. The number of anilines is 1. The molecule has 2 aliphatic rings. The van der Waals surface area contributed by atoms with E-state index in [1.54, 1.807) is 7.05 Å². The van der Waals surface area contributed by atoms with Crippen molar-refractivity contribution in [2.45, 2.75) is 19.6 Å². The molecule has 0 bridgehead atoms. The Bertz CT molecular complexity index is 865. The zero-order valence-corrected chi connectivity index (χ0v) is 18.4. The summed E-state index contributed by atoms with van der Waals surface area (Å²) in [5.41, 5.74) is 1.12. The maximum atomic E-state index is 5.99. The van der Waals surface area contributed by atoms with Crippen LogP contribution < -0.4 is 25.0 Å². The molecule has 0 radical (unpaired) electrons. The topological polar surface area (TPSA) is 74.2 Å². The van der Waals surface area contributed by atoms with Gasteiger partial charge in [0.1, 0.15) is 18.5 Å². The first-order valence-corrected chi connectivity index (χ1v) is 11.0. The van der Waals surface area contributed by atoms with Crippen molar-refractivity contribution < 1.29 is 9.47 Å². The van der Waals surface area contributed by atoms with Crippen LogP contribution in [-0.2, 0) is 6.54 Å². The first-order valence-electron chi connectivity index (χ1n) is 11.0. The first kappa shape index (κ1) is 21.2. The average Bonchev–Trinajstić information content (AvgIpc) is 2.84. The molecular formula is C23H32N6O2. The number of aromatic nitrogens is 1. The van der Waals surface area contributed by atoms with Crippen LogP contribution in [0.2, 0.25) is 0 Å². The molecule has 8 heteroatoms. The van der Waals surface area contributed by atoms with Crippen molar-refractivity contribution in [3.8, 4) is 11.5 Å². The second-order valence-corrected chi connectivity index (χ2v) is 7.75. The number of rotatable bonds is 6. The summed E-state index contributed by atoms with van der Waals surface area (Å²) in [6, 6.07) is 12.0. The van der Waals surface area contributed by atoms with Crippen LogP contribution in [0.15, 0.2) is 47.6 Å². The zero-order valence-electron chi connectivity index (χ0n) is 18.4. The second-order valence-electron chi connectivity index (χ2n) is 7.75. The highest BCUT2D eigenvalue weighted by atomic mass is 16.6. The molecule has 31 heavy (non-hydrogen) atoms. The van der Waals surface area contributed by atoms with Crippen LogP contribution in [0, 0.1) is 0 Å². The van der Waals surface area contributed by atoms with E-state index in [4.69, 9.17) is 9.47 Å². The van der Waals surface area contributed by atoms with E-state index in [-0.39, 0.29) is 6.10 Å². The fourth-order valence-corrected chi connectivity index (χ4v) is 3.78. The zero-order chi connectivity index (χ0) is 21.5. The molecule has 1 unspecified atom stereocenters. The minimum atomic E-state index is -0.0671. The number of ether oxygens (including phenoxy) is 2. The molecule has 0 spiro atoms. The van der Waals surface area contributed by atoms with Gasteiger partial charge in [-0.1, -0.05) is 25.1 Å². The smallest absolute Gasteiger partial charge is 0.191 e. The third-order valence-electron chi connectivity index (χ3n) is 5.70. The Labute approximate surface area is 184 Å². The van der Waals surface area contributed by atoms with Gasteiger partial charge in [0.25, 0.3) is 0 Å². The summed E-state index contributed by atoms with van der Waals surface area (Å²) in [4.78, 5) is 13.8. The lowest BCUT2D eigenvalue weighted by atomic mass is 10.2. The van der Waals surface area contributed by atoms with Gasteiger partial charge in [0, 0.05) is 46.0 Å². The minimum Gasteiger partial charge on any atom is -0.486 e. The molecule has 166 valence electrons. The molecule has 2 aliphatic heterocycles. The molecule has 1 fully saturated rings. The van der Waals surface area contributed by atoms with Gasteiger partial charge in [-0.2, -0.15) is 0 Å². The van der Waals surface area contributed by atoms with Crippen LogP contribution in [-0.4, -0.2) is 74.9 Å². The fourth-order valence-electron chi connectivity index (χ4n) is 3.78. The van der Waals surface area contributed by atoms with Crippen molar-refractivity contribution in [1.82, 2.24) is 20.5 Å². The number of likely N-dealkylation sites (N-methyl/N-ethyl adjacent to an activating group) is 1. The SMILES string of the molecule is CCN1CCN(c2ccc(CNC(=NC)NCC3COc4ccccc4O3)cn2)CC1. The van der Waals surface area contributed by atoms with Gasteiger partial charge in [-0.05, 0) is 30.3 Å². The lowest BCUT2D eigenvalue weighted by Crippen LogP contribution is -2.46. The van der Waals surface area contributed by atoms with Crippen molar-refractivity contribution in [2.75, 3.05) is 57.8 Å². The number of hydrogen-bond acceptors (Lipinski definition) is 6. The lowest BCUT2D eigenvalue weighted by Gasteiger charge is -2.34. The lowest BCUT2D eigenvalue weighted by molar-refractivity contribution is 0.0936. The molecule has 8 nitrogen and oxygen atoms in total. The highest BCUT2D eigenvalue weighted by Gasteiger charge is 2.20. The van der Waals surface area contributed by atoms with E-state index >= 15 is 0 Å². The molecule has 1 saturated heterocycles. The van der Waals surface area contributed by atoms with E-state index in [1.165, 1.54) is 0 Å². The number of nitrogens with one attached hydrogen (secondary N) is 2. The summed E-state index contributed by atoms with van der Waals surface area (Å²) < 4.78 is 11.8. The number of hydrogen-bond donors (Lipinski definition) is 2. The van der Waals surface area contributed by atoms with Gasteiger partial charge in [0.2, 0.25) is 0 Å². The number of piperazine rings is 1. The number of fused-ring (bicyclic) bond motifs is 1. The van der Waals surface area contributed by atoms with Gasteiger partial charge in [0.05, 0.1) is 6.54 Å². The van der Waals surface area contributed by atoms with E-state index < -0.39 is 0 Å². The Balaban J connectivity index is 1.22. The van der Waals surface area contributed by atoms with Gasteiger partial charge in [0.15, 0.2) is 17.5 Å². The fraction of sp³-hybridized carbons (Fsp3) is 0.478. The van der Waals surface area contributed by atoms with Crippen LogP contribution in [0.1, 0.15) is 12.5 Å². The summed E-state index contributed by atoms with van der Waals surface area (Å²) in [5.74, 6) is 3.36. The summed E-state index contributed by atoms with van der Waals surface area (Å²) in [6.07, 6.45) is 1.87. The van der Waals surface area contributed by atoms with Crippen LogP contribution in [0.3, 0.4) is 0 Å². The maximum absolute atomic E-state index is 5.99. The number of para-hydroxylation sites is 2. The number of pyridine rings is 1. The average molecular weight is 425 g/mol. The van der Waals surface area contributed by atoms with Gasteiger partial charge in [-0.25, -0.2) is 4.98 Å². The molecule has 2 aromatic rings. The molecule has 1 aromatic heterocycles. The van der Waals surface area contributed by atoms with Gasteiger partial charge < -0.3 is 29.9 Å². The number of benzene rings is 1. The van der Waals surface area contributed by atoms with Crippen LogP contribution in [0.5, 0.6) is 11.5 Å². The minimum absolute atomic E-state index is 0.0671. The molecule has 0 amide bonds. The number of guanidine groups is 1. The predicted molar refractivity (Wildman–Crippen MR) is 123 cm³/mol.